The highest BCUT2D eigenvalue weighted by Gasteiger charge is 2.25. The average Bonchev–Trinajstić information content (AvgIpc) is 4.30. The molecule has 0 spiro atoms. The molecular weight excluding hydrogens is 949 g/mol. The number of rotatable bonds is 6. The molecule has 13 nitrogen and oxygen atoms in total. The largest absolute Gasteiger partial charge is 0.378 e. The van der Waals surface area contributed by atoms with Gasteiger partial charge in [0.05, 0.1) is 0 Å². The Morgan fingerprint density at radius 1 is 0.413 bits per heavy atom. The van der Waals surface area contributed by atoms with Gasteiger partial charge in [0.25, 0.3) is 0 Å². The van der Waals surface area contributed by atoms with Crippen molar-refractivity contribution in [2.45, 2.75) is 90.8 Å². The van der Waals surface area contributed by atoms with Crippen LogP contribution in [0.5, 0.6) is 0 Å². The molecule has 0 radical (unpaired) electrons. The minimum absolute atomic E-state index is 0.588. The number of piperazine rings is 1. The average molecular weight is 1040 g/mol. The van der Waals surface area contributed by atoms with Gasteiger partial charge in [0, 0.05) is 202 Å². The Kier molecular flexibility index (Phi) is 18.1. The number of nitrogens with zero attached hydrogens (tertiary/aromatic N) is 7. The Hall–Kier alpha value is -5.03. The maximum absolute atomic E-state index is 11.3. The normalized spacial score (nSPS) is 20.4. The van der Waals surface area contributed by atoms with E-state index in [0.717, 1.165) is 103 Å². The van der Waals surface area contributed by atoms with E-state index in [0.29, 0.717) is 6.04 Å². The molecule has 1 atom stereocenters. The van der Waals surface area contributed by atoms with E-state index in [4.69, 9.17) is 0 Å². The maximum atomic E-state index is 11.3. The Morgan fingerprint density at radius 2 is 0.773 bits per heavy atom. The Bertz CT molecular complexity index is 2710. The minimum atomic E-state index is -0.588. The first kappa shape index (κ1) is 53.4. The smallest absolute Gasteiger partial charge is 0.0411 e. The van der Waals surface area contributed by atoms with E-state index in [1.807, 2.05) is 0 Å². The zero-order valence-corrected chi connectivity index (χ0v) is 46.7. The van der Waals surface area contributed by atoms with Crippen LogP contribution in [-0.2, 0) is 76.2 Å². The monoisotopic (exact) mass is 1030 g/mol. The summed E-state index contributed by atoms with van der Waals surface area (Å²) < 4.78 is 11.3. The summed E-state index contributed by atoms with van der Waals surface area (Å²) >= 11 is 0. The van der Waals surface area contributed by atoms with E-state index < -0.39 is 10.8 Å². The Labute approximate surface area is 451 Å². The highest BCUT2D eigenvalue weighted by Crippen LogP contribution is 2.29. The highest BCUT2D eigenvalue weighted by atomic mass is 32.2. The summed E-state index contributed by atoms with van der Waals surface area (Å²) in [6.07, 6.45) is 3.99. The van der Waals surface area contributed by atoms with Gasteiger partial charge in [0.2, 0.25) is 0 Å². The van der Waals surface area contributed by atoms with Crippen molar-refractivity contribution < 1.29 is 4.21 Å². The second-order valence-corrected chi connectivity index (χ2v) is 24.0. The highest BCUT2D eigenvalue weighted by molar-refractivity contribution is 7.85. The first-order valence-electron chi connectivity index (χ1n) is 28.1. The fraction of sp³-hybridized carbons (Fsp3) is 0.508. The van der Waals surface area contributed by atoms with Crippen molar-refractivity contribution in [2.24, 2.45) is 0 Å². The van der Waals surface area contributed by atoms with Gasteiger partial charge in [-0.15, -0.1) is 0 Å². The van der Waals surface area contributed by atoms with Crippen LogP contribution in [0.4, 0.5) is 28.4 Å². The predicted octanol–water partition coefficient (Wildman–Crippen LogP) is 6.58. The summed E-state index contributed by atoms with van der Waals surface area (Å²) in [6.45, 7) is 21.7. The van der Waals surface area contributed by atoms with Crippen LogP contribution in [0.2, 0.25) is 0 Å². The number of likely N-dealkylation sites (N-methyl/N-ethyl adjacent to an activating group) is 2. The molecule has 0 bridgehead atoms. The van der Waals surface area contributed by atoms with Crippen molar-refractivity contribution in [1.29, 1.82) is 0 Å². The van der Waals surface area contributed by atoms with Gasteiger partial charge in [-0.3, -0.25) is 4.21 Å². The molecular formula is C61H86N12OS. The molecule has 14 heteroatoms. The number of fused-ring (bicyclic) bond motifs is 5. The minimum Gasteiger partial charge on any atom is -0.378 e. The lowest BCUT2D eigenvalue weighted by Crippen LogP contribution is -2.44. The number of benzene rings is 5. The molecule has 4 saturated heterocycles. The quantitative estimate of drug-likeness (QED) is 0.127. The zero-order chi connectivity index (χ0) is 51.7. The van der Waals surface area contributed by atoms with Crippen molar-refractivity contribution >= 4 is 39.2 Å². The van der Waals surface area contributed by atoms with Gasteiger partial charge in [-0.1, -0.05) is 30.3 Å². The van der Waals surface area contributed by atoms with Crippen LogP contribution in [0.1, 0.15) is 74.9 Å². The molecule has 5 aromatic rings. The fourth-order valence-corrected chi connectivity index (χ4v) is 12.9. The molecule has 0 amide bonds. The van der Waals surface area contributed by atoms with Crippen molar-refractivity contribution in [3.63, 3.8) is 0 Å². The van der Waals surface area contributed by atoms with E-state index in [2.05, 4.69) is 187 Å². The molecule has 0 aromatic heterocycles. The number of nitrogens with one attached hydrogen (secondary N) is 5. The summed E-state index contributed by atoms with van der Waals surface area (Å²) in [5.74, 6) is 1.63. The van der Waals surface area contributed by atoms with Crippen LogP contribution in [0.3, 0.4) is 0 Å². The van der Waals surface area contributed by atoms with Gasteiger partial charge in [0.15, 0.2) is 0 Å². The molecule has 402 valence electrons. The molecule has 14 rings (SSSR count). The van der Waals surface area contributed by atoms with Crippen LogP contribution in [0.15, 0.2) is 91.0 Å². The molecule has 9 heterocycles. The number of hydrogen-bond donors (Lipinski definition) is 5. The summed E-state index contributed by atoms with van der Waals surface area (Å²) in [7, 11) is 10.1. The lowest BCUT2D eigenvalue weighted by Gasteiger charge is -2.34. The fourth-order valence-electron chi connectivity index (χ4n) is 11.8. The van der Waals surface area contributed by atoms with Crippen LogP contribution < -0.4 is 51.1 Å². The zero-order valence-electron chi connectivity index (χ0n) is 45.9. The SMILES string of the molecule is CN(C)[C@H]1CCN(c2ccc3c(c2)CNC3)C1.CN(C)c1ccc2c(c1)CNC2.CN1CCN(c2ccc3c(c2)CNC3)CC1.O=S1CCN(c2ccc3c(c2)CNC3)CC1.c1cc2c(cc1N1CCCC1)CNC2. The van der Waals surface area contributed by atoms with Gasteiger partial charge in [-0.2, -0.15) is 0 Å². The van der Waals surface area contributed by atoms with E-state index >= 15 is 0 Å². The number of hydrogen-bond acceptors (Lipinski definition) is 13. The van der Waals surface area contributed by atoms with Crippen molar-refractivity contribution in [3.05, 3.63) is 147 Å². The van der Waals surface area contributed by atoms with Crippen LogP contribution in [0.25, 0.3) is 0 Å². The van der Waals surface area contributed by atoms with Crippen molar-refractivity contribution in [3.8, 4) is 0 Å². The topological polar surface area (TPSA) is 99.9 Å². The summed E-state index contributed by atoms with van der Waals surface area (Å²) in [6, 6.07) is 34.8. The van der Waals surface area contributed by atoms with Gasteiger partial charge < -0.3 is 60.9 Å². The predicted molar refractivity (Wildman–Crippen MR) is 315 cm³/mol. The molecule has 0 aliphatic carbocycles. The third-order valence-electron chi connectivity index (χ3n) is 16.8. The van der Waals surface area contributed by atoms with E-state index in [1.165, 1.54) is 143 Å². The molecule has 9 aliphatic rings. The molecule has 4 fully saturated rings. The molecule has 0 unspecified atom stereocenters. The van der Waals surface area contributed by atoms with Gasteiger partial charge >= 0.3 is 0 Å². The summed E-state index contributed by atoms with van der Waals surface area (Å²) in [4.78, 5) is 16.7. The Morgan fingerprint density at radius 3 is 1.17 bits per heavy atom. The first-order chi connectivity index (χ1) is 36.6. The van der Waals surface area contributed by atoms with E-state index in [1.54, 1.807) is 0 Å². The summed E-state index contributed by atoms with van der Waals surface area (Å²) in [5, 5.41) is 16.9. The lowest BCUT2D eigenvalue weighted by molar-refractivity contribution is 0.313. The number of anilines is 5. The second-order valence-electron chi connectivity index (χ2n) is 22.3. The second kappa shape index (κ2) is 25.4. The van der Waals surface area contributed by atoms with Crippen LogP contribution in [-0.4, -0.2) is 132 Å². The molecule has 75 heavy (non-hydrogen) atoms. The van der Waals surface area contributed by atoms with E-state index in [-0.39, 0.29) is 0 Å². The third-order valence-corrected chi connectivity index (χ3v) is 18.0. The van der Waals surface area contributed by atoms with Gasteiger partial charge in [0.1, 0.15) is 0 Å². The van der Waals surface area contributed by atoms with Gasteiger partial charge in [-0.05, 0) is 157 Å². The summed E-state index contributed by atoms with van der Waals surface area (Å²) in [5.41, 5.74) is 21.4. The van der Waals surface area contributed by atoms with Crippen molar-refractivity contribution in [2.75, 3.05) is 137 Å². The molecule has 5 N–H and O–H groups in total. The van der Waals surface area contributed by atoms with Crippen molar-refractivity contribution in [1.82, 2.24) is 36.4 Å². The first-order valence-corrected chi connectivity index (χ1v) is 29.6. The standard InChI is InChI=1S/C14H21N3.C13H19N3.C12H16N2OS.C12H16N2.C10H14N2/c1-16(2)14-5-6-17(10-14)13-4-3-11-8-15-9-12(11)7-13;1-15-4-6-16(7-5-15)13-3-2-11-9-14-10-12(11)8-13;15-16-5-3-14(4-6-16)12-2-1-10-8-13-9-11(10)7-12;1-2-6-14(5-1)12-4-3-10-8-13-9-11(10)7-12;1-12(2)10-4-3-8-6-11-7-9(8)5-10/h3-4,7,14-15H,5-6,8-10H2,1-2H3;2-3,8,14H,4-7,9-10H2,1H3;1-2,7,13H,3-6,8-9H2;3-4,7,13H,1-2,5-6,8-9H2;3-5,11H,6-7H2,1-2H3/t14-;;;;/m0..../s1. The molecule has 0 saturated carbocycles. The molecule has 9 aliphatic heterocycles. The van der Waals surface area contributed by atoms with E-state index in [9.17, 15) is 4.21 Å². The Balaban J connectivity index is 0.000000107. The third kappa shape index (κ3) is 13.8. The van der Waals surface area contributed by atoms with Crippen LogP contribution in [0, 0.1) is 0 Å². The maximum Gasteiger partial charge on any atom is 0.0411 e. The van der Waals surface area contributed by atoms with Crippen LogP contribution >= 0.6 is 0 Å². The molecule has 5 aromatic carbocycles. The van der Waals surface area contributed by atoms with Gasteiger partial charge in [-0.25, -0.2) is 0 Å². The lowest BCUT2D eigenvalue weighted by atomic mass is 10.1.